The van der Waals surface area contributed by atoms with Crippen LogP contribution in [0.15, 0.2) is 0 Å². The summed E-state index contributed by atoms with van der Waals surface area (Å²) >= 11 is 0. The van der Waals surface area contributed by atoms with Gasteiger partial charge in [0.15, 0.2) is 0 Å². The predicted octanol–water partition coefficient (Wildman–Crippen LogP) is 3.32. The van der Waals surface area contributed by atoms with Gasteiger partial charge in [-0.25, -0.2) is 0 Å². The summed E-state index contributed by atoms with van der Waals surface area (Å²) in [6.07, 6.45) is 3.23. The Hall–Kier alpha value is 0.0499. The predicted molar refractivity (Wildman–Crippen MR) is 93.4 cm³/mol. The molecule has 4 heteroatoms. The third-order valence-electron chi connectivity index (χ3n) is 4.21. The van der Waals surface area contributed by atoms with Crippen molar-refractivity contribution in [3.05, 3.63) is 0 Å². The summed E-state index contributed by atoms with van der Waals surface area (Å²) in [5, 5.41) is 10.1. The standard InChI is InChI=1S/C16H36B2O2/c1-9-13(2)12-14(3,4)17-18-16(7,8)20-11-10-15(5,6)19/h13,17-19H,9-12H2,1-8H3. The quantitative estimate of drug-likeness (QED) is 0.623. The average Bonchev–Trinajstić information content (AvgIpc) is 2.24. The second kappa shape index (κ2) is 7.89. The van der Waals surface area contributed by atoms with Crippen molar-refractivity contribution in [2.24, 2.45) is 5.92 Å². The van der Waals surface area contributed by atoms with Crippen LogP contribution in [0.1, 0.15) is 74.7 Å². The van der Waals surface area contributed by atoms with Crippen LogP contribution in [0.3, 0.4) is 0 Å². The zero-order valence-electron chi connectivity index (χ0n) is 15.2. The lowest BCUT2D eigenvalue weighted by molar-refractivity contribution is -0.00672. The van der Waals surface area contributed by atoms with E-state index in [0.717, 1.165) is 13.1 Å². The fourth-order valence-corrected chi connectivity index (χ4v) is 2.48. The number of hydrogen-bond acceptors (Lipinski definition) is 2. The van der Waals surface area contributed by atoms with Crippen molar-refractivity contribution in [2.45, 2.75) is 91.1 Å². The van der Waals surface area contributed by atoms with E-state index in [1.807, 2.05) is 13.8 Å². The van der Waals surface area contributed by atoms with Gasteiger partial charge in [0.1, 0.15) is 7.17 Å². The van der Waals surface area contributed by atoms with Gasteiger partial charge in [-0.15, -0.1) is 0 Å². The van der Waals surface area contributed by atoms with Crippen molar-refractivity contribution in [3.8, 4) is 0 Å². The second-order valence-electron chi connectivity index (χ2n) is 8.55. The van der Waals surface area contributed by atoms with Crippen LogP contribution >= 0.6 is 0 Å². The monoisotopic (exact) mass is 282 g/mol. The first-order valence-corrected chi connectivity index (χ1v) is 8.23. The highest BCUT2D eigenvalue weighted by Gasteiger charge is 2.28. The summed E-state index contributed by atoms with van der Waals surface area (Å²) in [7, 11) is 2.26. The normalized spacial score (nSPS) is 15.1. The molecule has 2 nitrogen and oxygen atoms in total. The van der Waals surface area contributed by atoms with E-state index in [1.165, 1.54) is 20.0 Å². The van der Waals surface area contributed by atoms with Crippen molar-refractivity contribution in [2.75, 3.05) is 6.61 Å². The maximum atomic E-state index is 9.72. The van der Waals surface area contributed by atoms with Crippen LogP contribution in [-0.4, -0.2) is 37.2 Å². The minimum Gasteiger partial charge on any atom is -0.390 e. The summed E-state index contributed by atoms with van der Waals surface area (Å²) < 4.78 is 5.97. The van der Waals surface area contributed by atoms with Gasteiger partial charge in [0.25, 0.3) is 0 Å². The van der Waals surface area contributed by atoms with E-state index in [9.17, 15) is 5.11 Å². The molecule has 0 aliphatic carbocycles. The average molecular weight is 282 g/mol. The molecule has 0 aliphatic heterocycles. The Morgan fingerprint density at radius 1 is 1.05 bits per heavy atom. The lowest BCUT2D eigenvalue weighted by Gasteiger charge is -2.32. The molecule has 0 bridgehead atoms. The molecular weight excluding hydrogens is 246 g/mol. The van der Waals surface area contributed by atoms with Crippen LogP contribution < -0.4 is 0 Å². The number of aliphatic hydroxyl groups is 1. The van der Waals surface area contributed by atoms with E-state index < -0.39 is 5.60 Å². The van der Waals surface area contributed by atoms with Crippen LogP contribution in [0.5, 0.6) is 0 Å². The molecule has 1 N–H and O–H groups in total. The van der Waals surface area contributed by atoms with Gasteiger partial charge in [0, 0.05) is 12.1 Å². The van der Waals surface area contributed by atoms with E-state index in [2.05, 4.69) is 41.5 Å². The molecule has 118 valence electrons. The van der Waals surface area contributed by atoms with Crippen LogP contribution in [-0.2, 0) is 4.74 Å². The van der Waals surface area contributed by atoms with Gasteiger partial charge in [0.2, 0.25) is 0 Å². The van der Waals surface area contributed by atoms with E-state index in [1.54, 1.807) is 0 Å². The largest absolute Gasteiger partial charge is 0.390 e. The Morgan fingerprint density at radius 3 is 2.05 bits per heavy atom. The molecule has 0 amide bonds. The molecule has 0 fully saturated rings. The van der Waals surface area contributed by atoms with Gasteiger partial charge in [-0.05, 0) is 40.0 Å². The molecule has 0 aromatic rings. The van der Waals surface area contributed by atoms with E-state index >= 15 is 0 Å². The fraction of sp³-hybridized carbons (Fsp3) is 1.00. The first kappa shape index (κ1) is 20.0. The van der Waals surface area contributed by atoms with Gasteiger partial charge in [-0.3, -0.25) is 0 Å². The molecular formula is C16H36B2O2. The Morgan fingerprint density at radius 2 is 1.60 bits per heavy atom. The number of hydrogen-bond donors (Lipinski definition) is 1. The molecule has 0 spiro atoms. The highest BCUT2D eigenvalue weighted by molar-refractivity contribution is 7.03. The lowest BCUT2D eigenvalue weighted by Crippen LogP contribution is -2.40. The number of ether oxygens (including phenoxy) is 1. The van der Waals surface area contributed by atoms with E-state index in [0.29, 0.717) is 18.3 Å². The summed E-state index contributed by atoms with van der Waals surface area (Å²) in [6.45, 7) is 18.0. The minimum atomic E-state index is -0.633. The number of rotatable bonds is 10. The Labute approximate surface area is 128 Å². The zero-order chi connectivity index (χ0) is 16.0. The van der Waals surface area contributed by atoms with Crippen molar-refractivity contribution < 1.29 is 9.84 Å². The van der Waals surface area contributed by atoms with E-state index in [-0.39, 0.29) is 5.50 Å². The Kier molecular flexibility index (Phi) is 7.91. The van der Waals surface area contributed by atoms with Gasteiger partial charge in [-0.2, -0.15) is 0 Å². The van der Waals surface area contributed by atoms with Crippen molar-refractivity contribution in [3.63, 3.8) is 0 Å². The molecule has 0 radical (unpaired) electrons. The third kappa shape index (κ3) is 10.8. The van der Waals surface area contributed by atoms with Crippen molar-refractivity contribution in [1.29, 1.82) is 0 Å². The second-order valence-corrected chi connectivity index (χ2v) is 8.55. The summed E-state index contributed by atoms with van der Waals surface area (Å²) in [5.41, 5.74) is -0.732. The maximum absolute atomic E-state index is 9.72. The van der Waals surface area contributed by atoms with Gasteiger partial charge in [0.05, 0.1) is 12.8 Å². The maximum Gasteiger partial charge on any atom is 0.127 e. The first-order valence-electron chi connectivity index (χ1n) is 8.23. The van der Waals surface area contributed by atoms with Crippen LogP contribution in [0.4, 0.5) is 0 Å². The minimum absolute atomic E-state index is 0.0992. The smallest absolute Gasteiger partial charge is 0.127 e. The van der Waals surface area contributed by atoms with E-state index in [4.69, 9.17) is 4.74 Å². The highest BCUT2D eigenvalue weighted by Crippen LogP contribution is 2.33. The third-order valence-corrected chi connectivity index (χ3v) is 4.21. The molecule has 0 saturated carbocycles. The molecule has 0 aromatic heterocycles. The summed E-state index contributed by atoms with van der Waals surface area (Å²) in [5.74, 6) is 0.796. The SMILES string of the molecule is CCC(C)CC(C)(C)BBC(C)(C)OCCC(C)(C)O. The molecule has 1 atom stereocenters. The van der Waals surface area contributed by atoms with Crippen molar-refractivity contribution in [1.82, 2.24) is 0 Å². The van der Waals surface area contributed by atoms with Gasteiger partial charge >= 0.3 is 0 Å². The Balaban J connectivity index is 4.13. The molecule has 0 aliphatic rings. The molecule has 0 aromatic carbocycles. The van der Waals surface area contributed by atoms with Crippen molar-refractivity contribution >= 4 is 14.3 Å². The van der Waals surface area contributed by atoms with Crippen LogP contribution in [0, 0.1) is 5.92 Å². The molecule has 0 saturated heterocycles. The molecule has 1 unspecified atom stereocenters. The Bertz CT molecular complexity index is 270. The topological polar surface area (TPSA) is 29.5 Å². The summed E-state index contributed by atoms with van der Waals surface area (Å²) in [6, 6.07) is 0. The molecule has 0 heterocycles. The first-order chi connectivity index (χ1) is 8.87. The van der Waals surface area contributed by atoms with Gasteiger partial charge in [-0.1, -0.05) is 45.9 Å². The molecule has 20 heavy (non-hydrogen) atoms. The summed E-state index contributed by atoms with van der Waals surface area (Å²) in [4.78, 5) is 0. The highest BCUT2D eigenvalue weighted by atomic mass is 16.5. The van der Waals surface area contributed by atoms with Gasteiger partial charge < -0.3 is 9.84 Å². The fourth-order valence-electron chi connectivity index (χ4n) is 2.48. The lowest BCUT2D eigenvalue weighted by atomic mass is 9.24. The van der Waals surface area contributed by atoms with Crippen LogP contribution in [0.2, 0.25) is 5.31 Å². The molecule has 0 rings (SSSR count). The van der Waals surface area contributed by atoms with Crippen LogP contribution in [0.25, 0.3) is 0 Å². The zero-order valence-corrected chi connectivity index (χ0v) is 15.2.